The van der Waals surface area contributed by atoms with Crippen LogP contribution in [-0.4, -0.2) is 36.6 Å². The largest absolute Gasteiger partial charge is 0.389 e. The summed E-state index contributed by atoms with van der Waals surface area (Å²) in [4.78, 5) is 16.4. The normalized spacial score (nSPS) is 14.0. The van der Waals surface area contributed by atoms with E-state index in [-0.39, 0.29) is 10.9 Å². The molecule has 0 aliphatic rings. The van der Waals surface area contributed by atoms with Crippen LogP contribution in [0.1, 0.15) is 18.7 Å². The van der Waals surface area contributed by atoms with Crippen LogP contribution >= 0.6 is 23.1 Å². The van der Waals surface area contributed by atoms with E-state index >= 15 is 0 Å². The van der Waals surface area contributed by atoms with Crippen molar-refractivity contribution in [3.05, 3.63) is 47.6 Å². The maximum absolute atomic E-state index is 11.1. The fourth-order valence-electron chi connectivity index (χ4n) is 2.37. The molecule has 0 saturated carbocycles. The van der Waals surface area contributed by atoms with Gasteiger partial charge in [-0.2, -0.15) is 0 Å². The van der Waals surface area contributed by atoms with Crippen molar-refractivity contribution < 1.29 is 15.0 Å². The Morgan fingerprint density at radius 1 is 1.35 bits per heavy atom. The van der Waals surface area contributed by atoms with Crippen LogP contribution in [0, 0.1) is 0 Å². The second-order valence-electron chi connectivity index (χ2n) is 5.08. The number of imidazole rings is 1. The summed E-state index contributed by atoms with van der Waals surface area (Å²) in [5.74, 6) is 0.141. The van der Waals surface area contributed by atoms with Gasteiger partial charge in [-0.25, -0.2) is 4.98 Å². The fraction of sp³-hybridized carbons (Fsp3) is 0.250. The van der Waals surface area contributed by atoms with E-state index in [4.69, 9.17) is 0 Å². The van der Waals surface area contributed by atoms with E-state index in [9.17, 15) is 15.0 Å². The Kier molecular flexibility index (Phi) is 4.82. The van der Waals surface area contributed by atoms with Crippen molar-refractivity contribution in [2.24, 2.45) is 0 Å². The number of nitrogens with zero attached hydrogens (tertiary/aromatic N) is 2. The summed E-state index contributed by atoms with van der Waals surface area (Å²) in [5, 5.41) is 22.7. The van der Waals surface area contributed by atoms with Crippen LogP contribution in [0.25, 0.3) is 16.2 Å². The highest BCUT2D eigenvalue weighted by Gasteiger charge is 2.27. The Labute approximate surface area is 141 Å². The van der Waals surface area contributed by atoms with Crippen LogP contribution < -0.4 is 0 Å². The first-order valence-corrected chi connectivity index (χ1v) is 8.95. The number of thiazole rings is 1. The van der Waals surface area contributed by atoms with Gasteiger partial charge >= 0.3 is 0 Å². The predicted molar refractivity (Wildman–Crippen MR) is 92.6 cm³/mol. The molecule has 2 atom stereocenters. The van der Waals surface area contributed by atoms with Gasteiger partial charge in [-0.3, -0.25) is 9.20 Å². The molecule has 0 saturated heterocycles. The van der Waals surface area contributed by atoms with E-state index < -0.39 is 12.2 Å². The number of aliphatic hydroxyl groups is 2. The number of fused-ring (bicyclic) bond motifs is 1. The van der Waals surface area contributed by atoms with Gasteiger partial charge in [0, 0.05) is 29.8 Å². The lowest BCUT2D eigenvalue weighted by Crippen LogP contribution is -2.23. The van der Waals surface area contributed by atoms with Gasteiger partial charge in [0.1, 0.15) is 6.10 Å². The maximum Gasteiger partial charge on any atom is 0.194 e. The Morgan fingerprint density at radius 3 is 2.78 bits per heavy atom. The van der Waals surface area contributed by atoms with Crippen LogP contribution in [0.5, 0.6) is 0 Å². The zero-order valence-corrected chi connectivity index (χ0v) is 14.0. The summed E-state index contributed by atoms with van der Waals surface area (Å²) in [7, 11) is 0. The molecule has 2 aromatic heterocycles. The second kappa shape index (κ2) is 6.84. The third-order valence-corrected chi connectivity index (χ3v) is 5.12. The van der Waals surface area contributed by atoms with Crippen LogP contribution in [0.2, 0.25) is 0 Å². The van der Waals surface area contributed by atoms with E-state index in [2.05, 4.69) is 4.98 Å². The lowest BCUT2D eigenvalue weighted by atomic mass is 10.0. The molecule has 2 heterocycles. The van der Waals surface area contributed by atoms with Crippen molar-refractivity contribution in [2.75, 3.05) is 5.75 Å². The molecule has 0 spiro atoms. The Bertz CT molecular complexity index is 813. The van der Waals surface area contributed by atoms with E-state index in [1.807, 2.05) is 41.9 Å². The topological polar surface area (TPSA) is 74.8 Å². The molecule has 0 fully saturated rings. The van der Waals surface area contributed by atoms with Crippen molar-refractivity contribution in [2.45, 2.75) is 19.1 Å². The first-order valence-electron chi connectivity index (χ1n) is 7.08. The third-order valence-electron chi connectivity index (χ3n) is 3.45. The minimum atomic E-state index is -1.12. The molecule has 120 valence electrons. The van der Waals surface area contributed by atoms with Crippen molar-refractivity contribution in [1.29, 1.82) is 0 Å². The fourth-order valence-corrected chi connectivity index (χ4v) is 3.68. The Balaban J connectivity index is 2.01. The molecule has 3 aromatic rings. The highest BCUT2D eigenvalue weighted by molar-refractivity contribution is 8.13. The predicted octanol–water partition coefficient (Wildman–Crippen LogP) is 2.74. The standard InChI is InChI=1S/C16H16N2O3S2/c1-10(19)23-9-12(20)15(21)14-13(11-5-3-2-4-6-11)17-16-18(14)7-8-22-16/h2-8,12,15,20-21H,9H2,1H3. The average molecular weight is 348 g/mol. The van der Waals surface area contributed by atoms with Gasteiger partial charge < -0.3 is 10.2 Å². The molecule has 3 rings (SSSR count). The van der Waals surface area contributed by atoms with Gasteiger partial charge in [0.25, 0.3) is 0 Å². The van der Waals surface area contributed by atoms with E-state index in [1.54, 1.807) is 4.40 Å². The highest BCUT2D eigenvalue weighted by Crippen LogP contribution is 2.32. The molecule has 2 unspecified atom stereocenters. The molecule has 0 bridgehead atoms. The Morgan fingerprint density at radius 2 is 2.09 bits per heavy atom. The average Bonchev–Trinajstić information content (AvgIpc) is 3.13. The summed E-state index contributed by atoms with van der Waals surface area (Å²) in [6.45, 7) is 1.44. The SMILES string of the molecule is CC(=O)SCC(O)C(O)c1c(-c2ccccc2)nc2sccn12. The molecule has 23 heavy (non-hydrogen) atoms. The summed E-state index contributed by atoms with van der Waals surface area (Å²) < 4.78 is 1.79. The van der Waals surface area contributed by atoms with Gasteiger partial charge in [-0.1, -0.05) is 42.1 Å². The van der Waals surface area contributed by atoms with E-state index in [0.29, 0.717) is 11.4 Å². The van der Waals surface area contributed by atoms with Gasteiger partial charge in [-0.15, -0.1) is 11.3 Å². The number of aromatic nitrogens is 2. The number of carbonyl (C=O) groups excluding carboxylic acids is 1. The third kappa shape index (κ3) is 3.32. The number of rotatable bonds is 5. The minimum absolute atomic E-state index is 0.0894. The van der Waals surface area contributed by atoms with Crippen molar-refractivity contribution >= 4 is 33.2 Å². The number of aliphatic hydroxyl groups excluding tert-OH is 2. The molecule has 0 aliphatic carbocycles. The van der Waals surface area contributed by atoms with Crippen molar-refractivity contribution in [3.63, 3.8) is 0 Å². The number of thioether (sulfide) groups is 1. The summed E-state index contributed by atoms with van der Waals surface area (Å²) in [5.41, 5.74) is 2.07. The smallest absolute Gasteiger partial charge is 0.194 e. The number of hydrogen-bond donors (Lipinski definition) is 2. The molecule has 5 nitrogen and oxygen atoms in total. The molecular formula is C16H16N2O3S2. The maximum atomic E-state index is 11.1. The van der Waals surface area contributed by atoms with Gasteiger partial charge in [0.05, 0.1) is 17.5 Å². The van der Waals surface area contributed by atoms with Crippen LogP contribution in [0.15, 0.2) is 41.9 Å². The first kappa shape index (κ1) is 16.2. The molecule has 2 N–H and O–H groups in total. The summed E-state index contributed by atoms with van der Waals surface area (Å²) >= 11 is 2.46. The summed E-state index contributed by atoms with van der Waals surface area (Å²) in [6.07, 6.45) is -0.351. The molecular weight excluding hydrogens is 332 g/mol. The van der Waals surface area contributed by atoms with E-state index in [1.165, 1.54) is 18.3 Å². The monoisotopic (exact) mass is 348 g/mol. The summed E-state index contributed by atoms with van der Waals surface area (Å²) in [6, 6.07) is 9.55. The van der Waals surface area contributed by atoms with Crippen molar-refractivity contribution in [3.8, 4) is 11.3 Å². The molecule has 0 amide bonds. The number of benzene rings is 1. The van der Waals surface area contributed by atoms with E-state index in [0.717, 1.165) is 22.3 Å². The quantitative estimate of drug-likeness (QED) is 0.741. The minimum Gasteiger partial charge on any atom is -0.389 e. The lowest BCUT2D eigenvalue weighted by Gasteiger charge is -2.18. The number of carbonyl (C=O) groups is 1. The lowest BCUT2D eigenvalue weighted by molar-refractivity contribution is -0.109. The molecule has 7 heteroatoms. The van der Waals surface area contributed by atoms with Gasteiger partial charge in [0.15, 0.2) is 10.1 Å². The van der Waals surface area contributed by atoms with Gasteiger partial charge in [-0.05, 0) is 0 Å². The second-order valence-corrected chi connectivity index (χ2v) is 7.15. The zero-order valence-electron chi connectivity index (χ0n) is 12.4. The molecule has 0 radical (unpaired) electrons. The Hall–Kier alpha value is -1.67. The number of hydrogen-bond acceptors (Lipinski definition) is 6. The van der Waals surface area contributed by atoms with Crippen LogP contribution in [0.4, 0.5) is 0 Å². The van der Waals surface area contributed by atoms with Crippen molar-refractivity contribution in [1.82, 2.24) is 9.38 Å². The van der Waals surface area contributed by atoms with Crippen LogP contribution in [-0.2, 0) is 4.79 Å². The first-order chi connectivity index (χ1) is 11.1. The highest BCUT2D eigenvalue weighted by atomic mass is 32.2. The van der Waals surface area contributed by atoms with Crippen LogP contribution in [0.3, 0.4) is 0 Å². The van der Waals surface area contributed by atoms with Gasteiger partial charge in [0.2, 0.25) is 0 Å². The zero-order chi connectivity index (χ0) is 16.4. The molecule has 1 aromatic carbocycles. The molecule has 0 aliphatic heterocycles.